The number of aliphatic hydroxyl groups excluding tert-OH is 1. The Hall–Kier alpha value is -1.99. The predicted octanol–water partition coefficient (Wildman–Crippen LogP) is 4.26. The molecule has 0 saturated heterocycles. The molecule has 7 heteroatoms. The van der Waals surface area contributed by atoms with Gasteiger partial charge < -0.3 is 10.8 Å². The summed E-state index contributed by atoms with van der Waals surface area (Å²) in [4.78, 5) is 4.65. The predicted molar refractivity (Wildman–Crippen MR) is 114 cm³/mol. The lowest BCUT2D eigenvalue weighted by molar-refractivity contribution is 0.199. The fraction of sp³-hybridized carbons (Fsp3) is 0.429. The molecule has 1 aromatic carbocycles. The summed E-state index contributed by atoms with van der Waals surface area (Å²) in [6.07, 6.45) is 4.14. The summed E-state index contributed by atoms with van der Waals surface area (Å²) < 4.78 is 16.2. The van der Waals surface area contributed by atoms with E-state index < -0.39 is 6.10 Å². The van der Waals surface area contributed by atoms with Gasteiger partial charge >= 0.3 is 0 Å². The molecule has 5 nitrogen and oxygen atoms in total. The highest BCUT2D eigenvalue weighted by molar-refractivity contribution is 9.18. The SMILES string of the molecule is CC(N)=C(Cc1cn(C)nc1-c1ccc(F)cc1[C@@H](C)O)C(Br)=NCC1CC1. The zero-order valence-corrected chi connectivity index (χ0v) is 18.0. The third-order valence-electron chi connectivity index (χ3n) is 4.90. The summed E-state index contributed by atoms with van der Waals surface area (Å²) >= 11 is 3.59. The quantitative estimate of drug-likeness (QED) is 0.621. The van der Waals surface area contributed by atoms with Crippen LogP contribution in [0, 0.1) is 11.7 Å². The summed E-state index contributed by atoms with van der Waals surface area (Å²) in [7, 11) is 1.84. The average Bonchev–Trinajstić information content (AvgIpc) is 3.39. The molecule has 150 valence electrons. The monoisotopic (exact) mass is 448 g/mol. The maximum absolute atomic E-state index is 13.7. The summed E-state index contributed by atoms with van der Waals surface area (Å²) in [6.45, 7) is 4.29. The molecule has 1 fully saturated rings. The van der Waals surface area contributed by atoms with Crippen molar-refractivity contribution in [1.82, 2.24) is 9.78 Å². The van der Waals surface area contributed by atoms with Crippen LogP contribution < -0.4 is 5.73 Å². The standard InChI is InChI=1S/C21H26BrFN4O/c1-12(24)18(21(22)25-10-14-4-5-14)8-15-11-27(3)26-20(15)17-7-6-16(23)9-19(17)13(2)28/h6-7,9,11,13-14,28H,4-5,8,10,24H2,1-3H3/t13-/m1/s1. The highest BCUT2D eigenvalue weighted by atomic mass is 79.9. The molecule has 1 aliphatic rings. The van der Waals surface area contributed by atoms with Crippen molar-refractivity contribution < 1.29 is 9.50 Å². The van der Waals surface area contributed by atoms with Crippen molar-refractivity contribution in [3.05, 3.63) is 52.6 Å². The number of hydrogen-bond donors (Lipinski definition) is 2. The van der Waals surface area contributed by atoms with E-state index in [0.717, 1.165) is 22.3 Å². The second-order valence-corrected chi connectivity index (χ2v) is 8.25. The minimum Gasteiger partial charge on any atom is -0.402 e. The Morgan fingerprint density at radius 1 is 1.46 bits per heavy atom. The molecule has 1 saturated carbocycles. The molecule has 0 spiro atoms. The molecular weight excluding hydrogens is 423 g/mol. The minimum atomic E-state index is -0.807. The summed E-state index contributed by atoms with van der Waals surface area (Å²) in [5, 5.41) is 14.7. The Kier molecular flexibility index (Phi) is 6.35. The van der Waals surface area contributed by atoms with Crippen molar-refractivity contribution in [1.29, 1.82) is 0 Å². The average molecular weight is 449 g/mol. The highest BCUT2D eigenvalue weighted by Gasteiger charge is 2.22. The van der Waals surface area contributed by atoms with Gasteiger partial charge in [-0.15, -0.1) is 0 Å². The Morgan fingerprint density at radius 3 is 2.79 bits per heavy atom. The number of halogens is 2. The van der Waals surface area contributed by atoms with Crippen LogP contribution in [0.15, 0.2) is 40.7 Å². The Labute approximate surface area is 173 Å². The largest absolute Gasteiger partial charge is 0.402 e. The molecule has 3 rings (SSSR count). The second kappa shape index (κ2) is 8.57. The summed E-state index contributed by atoms with van der Waals surface area (Å²) in [5.74, 6) is 0.305. The molecule has 0 unspecified atom stereocenters. The van der Waals surface area contributed by atoms with E-state index in [1.54, 1.807) is 17.7 Å². The molecule has 0 aliphatic heterocycles. The normalized spacial score (nSPS) is 16.9. The Morgan fingerprint density at radius 2 is 2.18 bits per heavy atom. The number of aromatic nitrogens is 2. The van der Waals surface area contributed by atoms with Gasteiger partial charge in [-0.1, -0.05) is 0 Å². The van der Waals surface area contributed by atoms with Crippen LogP contribution in [0.25, 0.3) is 11.3 Å². The first-order chi connectivity index (χ1) is 13.3. The van der Waals surface area contributed by atoms with E-state index in [1.165, 1.54) is 25.0 Å². The van der Waals surface area contributed by atoms with Crippen LogP contribution in [0.2, 0.25) is 0 Å². The first-order valence-corrected chi connectivity index (χ1v) is 10.2. The van der Waals surface area contributed by atoms with Crippen LogP contribution in [0.3, 0.4) is 0 Å². The molecule has 0 bridgehead atoms. The number of allylic oxidation sites excluding steroid dienone is 2. The molecule has 0 amide bonds. The number of aliphatic hydroxyl groups is 1. The third-order valence-corrected chi connectivity index (χ3v) is 5.63. The van der Waals surface area contributed by atoms with Gasteiger partial charge in [0.1, 0.15) is 10.4 Å². The van der Waals surface area contributed by atoms with Crippen molar-refractivity contribution in [2.45, 2.75) is 39.2 Å². The van der Waals surface area contributed by atoms with Crippen molar-refractivity contribution in [3.8, 4) is 11.3 Å². The first-order valence-electron chi connectivity index (χ1n) is 9.42. The van der Waals surface area contributed by atoms with Crippen molar-refractivity contribution >= 4 is 20.6 Å². The highest BCUT2D eigenvalue weighted by Crippen LogP contribution is 2.33. The van der Waals surface area contributed by atoms with Gasteiger partial charge in [-0.3, -0.25) is 9.67 Å². The van der Waals surface area contributed by atoms with Crippen molar-refractivity contribution in [2.24, 2.45) is 23.7 Å². The lowest BCUT2D eigenvalue weighted by atomic mass is 9.95. The second-order valence-electron chi connectivity index (χ2n) is 7.50. The van der Waals surface area contributed by atoms with Gasteiger partial charge in [0.25, 0.3) is 0 Å². The molecule has 1 heterocycles. The zero-order valence-electron chi connectivity index (χ0n) is 16.4. The van der Waals surface area contributed by atoms with Gasteiger partial charge in [0.2, 0.25) is 0 Å². The lowest BCUT2D eigenvalue weighted by Gasteiger charge is -2.13. The van der Waals surface area contributed by atoms with E-state index in [4.69, 9.17) is 5.73 Å². The van der Waals surface area contributed by atoms with E-state index in [9.17, 15) is 9.50 Å². The van der Waals surface area contributed by atoms with Crippen molar-refractivity contribution in [3.63, 3.8) is 0 Å². The zero-order chi connectivity index (χ0) is 20.4. The topological polar surface area (TPSA) is 76.4 Å². The number of aliphatic imine (C=N–C) groups is 1. The van der Waals surface area contributed by atoms with E-state index >= 15 is 0 Å². The van der Waals surface area contributed by atoms with Crippen LogP contribution in [0.4, 0.5) is 4.39 Å². The van der Waals surface area contributed by atoms with E-state index in [1.807, 2.05) is 20.2 Å². The van der Waals surface area contributed by atoms with Crippen LogP contribution in [0.5, 0.6) is 0 Å². The van der Waals surface area contributed by atoms with Gasteiger partial charge in [0.05, 0.1) is 11.8 Å². The van der Waals surface area contributed by atoms with Crippen LogP contribution in [-0.4, -0.2) is 26.1 Å². The lowest BCUT2D eigenvalue weighted by Crippen LogP contribution is -2.09. The van der Waals surface area contributed by atoms with Crippen LogP contribution in [0.1, 0.15) is 43.9 Å². The molecule has 0 radical (unpaired) electrons. The number of hydrogen-bond acceptors (Lipinski definition) is 4. The minimum absolute atomic E-state index is 0.384. The first kappa shape index (κ1) is 20.7. The molecule has 1 aliphatic carbocycles. The number of aryl methyl sites for hydroxylation is 1. The maximum Gasteiger partial charge on any atom is 0.123 e. The number of nitrogens with zero attached hydrogens (tertiary/aromatic N) is 3. The summed E-state index contributed by atoms with van der Waals surface area (Å²) in [6, 6.07) is 4.41. The third kappa shape index (κ3) is 4.89. The van der Waals surface area contributed by atoms with E-state index in [2.05, 4.69) is 26.0 Å². The number of rotatable bonds is 7. The van der Waals surface area contributed by atoms with Gasteiger partial charge in [-0.25, -0.2) is 4.39 Å². The fourth-order valence-corrected chi connectivity index (χ4v) is 3.76. The molecule has 2 aromatic rings. The molecular formula is C21H26BrFN4O. The Balaban J connectivity index is 1.98. The molecule has 1 aromatic heterocycles. The molecule has 1 atom stereocenters. The fourth-order valence-electron chi connectivity index (χ4n) is 3.16. The Bertz CT molecular complexity index is 924. The van der Waals surface area contributed by atoms with Gasteiger partial charge in [0.15, 0.2) is 0 Å². The van der Waals surface area contributed by atoms with Gasteiger partial charge in [0, 0.05) is 48.6 Å². The van der Waals surface area contributed by atoms with Crippen molar-refractivity contribution in [2.75, 3.05) is 6.54 Å². The van der Waals surface area contributed by atoms with Gasteiger partial charge in [-0.2, -0.15) is 5.10 Å². The molecule has 3 N–H and O–H groups in total. The van der Waals surface area contributed by atoms with Crippen LogP contribution in [-0.2, 0) is 13.5 Å². The summed E-state index contributed by atoms with van der Waals surface area (Å²) in [5.41, 5.74) is 10.6. The van der Waals surface area contributed by atoms with E-state index in [0.29, 0.717) is 34.9 Å². The van der Waals surface area contributed by atoms with Gasteiger partial charge in [-0.05, 0) is 72.3 Å². The smallest absolute Gasteiger partial charge is 0.123 e. The van der Waals surface area contributed by atoms with Crippen LogP contribution >= 0.6 is 15.9 Å². The molecule has 28 heavy (non-hydrogen) atoms. The number of nitrogens with two attached hydrogens (primary N) is 1. The number of benzene rings is 1. The maximum atomic E-state index is 13.7. The van der Waals surface area contributed by atoms with E-state index in [-0.39, 0.29) is 5.82 Å².